The quantitative estimate of drug-likeness (QED) is 0.496. The van der Waals surface area contributed by atoms with Crippen LogP contribution in [0.4, 0.5) is 0 Å². The molecule has 0 aliphatic carbocycles. The molecule has 0 saturated heterocycles. The molecule has 0 fully saturated rings. The third kappa shape index (κ3) is 165. The fourth-order valence-corrected chi connectivity index (χ4v) is 0. The molecule has 7 heteroatoms. The number of hydrogen-bond acceptors (Lipinski definition) is 0. The Morgan fingerprint density at radius 3 is 0.429 bits per heavy atom. The molecule has 0 amide bonds. The first kappa shape index (κ1) is 368. The lowest BCUT2D eigenvalue weighted by molar-refractivity contribution is 0.823. The van der Waals surface area contributed by atoms with Crippen LogP contribution in [0.25, 0.3) is 0 Å². The second-order valence-electron chi connectivity index (χ2n) is 0. The van der Waals surface area contributed by atoms with Gasteiger partial charge in [0.15, 0.2) is 0 Å². The Hall–Kier alpha value is 1.04. The number of halogens is 4. The largest absolute Gasteiger partial charge is 1.00 e. The van der Waals surface area contributed by atoms with Gasteiger partial charge in [-0.25, -0.2) is 0 Å². The van der Waals surface area contributed by atoms with Crippen molar-refractivity contribution in [2.75, 3.05) is 0 Å². The zero-order valence-corrected chi connectivity index (χ0v) is 6.40. The molecule has 0 aliphatic heterocycles. The lowest BCUT2D eigenvalue weighted by atomic mass is 16.0. The Morgan fingerprint density at radius 1 is 0.429 bits per heavy atom. The van der Waals surface area contributed by atoms with Gasteiger partial charge in [-0.2, -0.15) is 0 Å². The highest BCUT2D eigenvalue weighted by Gasteiger charge is -0.144. The molecule has 6 N–H and O–H groups in total. The monoisotopic (exact) mass is 199 g/mol. The lowest BCUT2D eigenvalue weighted by Crippen LogP contribution is -0.290. The van der Waals surface area contributed by atoms with E-state index in [0.717, 1.165) is 0 Å². The fourth-order valence-electron chi connectivity index (χ4n) is 0. The minimum atomic E-state index is 0. The summed E-state index contributed by atoms with van der Waals surface area (Å²) < 4.78 is 0. The van der Waals surface area contributed by atoms with Crippen molar-refractivity contribution in [3.63, 3.8) is 0 Å². The summed E-state index contributed by atoms with van der Waals surface area (Å²) in [5.41, 5.74) is 0. The molecular weight excluding hydrogens is 190 g/mol. The van der Waals surface area contributed by atoms with E-state index in [1.54, 1.807) is 0 Å². The van der Waals surface area contributed by atoms with Crippen molar-refractivity contribution >= 4 is 49.6 Å². The van der Waals surface area contributed by atoms with E-state index in [1.807, 2.05) is 0 Å². The van der Waals surface area contributed by atoms with E-state index >= 15 is 0 Å². The summed E-state index contributed by atoms with van der Waals surface area (Å²) >= 11 is 0. The molecule has 0 radical (unpaired) electrons. The van der Waals surface area contributed by atoms with Crippen molar-refractivity contribution in [2.45, 2.75) is 0 Å². The summed E-state index contributed by atoms with van der Waals surface area (Å²) in [5, 5.41) is 0. The van der Waals surface area contributed by atoms with Gasteiger partial charge in [-0.15, -0.1) is 49.6 Å². The number of hydrogen-bond donors (Lipinski definition) is 0. The first-order valence-electron chi connectivity index (χ1n) is 0. The van der Waals surface area contributed by atoms with Crippen LogP contribution in [0.3, 0.4) is 0 Å². The van der Waals surface area contributed by atoms with Crippen molar-refractivity contribution in [1.29, 1.82) is 0 Å². The Kier molecular flexibility index (Phi) is 12500. The summed E-state index contributed by atoms with van der Waals surface area (Å²) in [6.07, 6.45) is 0. The van der Waals surface area contributed by atoms with E-state index in [4.69, 9.17) is 0 Å². The van der Waals surface area contributed by atoms with Crippen LogP contribution in [0.2, 0.25) is 0 Å². The van der Waals surface area contributed by atoms with E-state index in [-0.39, 0.29) is 67.5 Å². The molecule has 0 bridgehead atoms. The highest BCUT2D eigenvalue weighted by atomic mass is 35.5. The fraction of sp³-hybridized carbons (Fsp3) is 0. The summed E-state index contributed by atoms with van der Waals surface area (Å²) in [7, 11) is 0. The van der Waals surface area contributed by atoms with Gasteiger partial charge in [0, 0.05) is 0 Å². The van der Waals surface area contributed by atoms with Crippen molar-refractivity contribution in [3.8, 4) is 0 Å². The standard InChI is InChI=1S/4ClH.3H2O/h4*1H;3*1H2/p+1. The average molecular weight is 201 g/mol. The van der Waals surface area contributed by atoms with E-state index in [1.165, 1.54) is 0 Å². The molecule has 0 saturated carbocycles. The Bertz CT molecular complexity index is 11.2. The van der Waals surface area contributed by atoms with E-state index in [0.29, 0.717) is 0 Å². The highest BCUT2D eigenvalue weighted by molar-refractivity contribution is 5.86. The third-order valence-electron chi connectivity index (χ3n) is 0. The molecule has 0 spiro atoms. The van der Waals surface area contributed by atoms with E-state index < -0.39 is 0 Å². The molecule has 0 rings (SSSR count). The molecule has 56 valence electrons. The maximum atomic E-state index is 0. The third-order valence-corrected chi connectivity index (χ3v) is 0. The van der Waals surface area contributed by atoms with Gasteiger partial charge in [-0.1, -0.05) is 0 Å². The highest BCUT2D eigenvalue weighted by Crippen LogP contribution is 0.693. The smallest absolute Gasteiger partial charge is 0.412 e. The molecule has 0 heterocycles. The first-order chi connectivity index (χ1) is 0. The van der Waals surface area contributed by atoms with Gasteiger partial charge in [0.2, 0.25) is 0 Å². The zero-order chi connectivity index (χ0) is 0. The Balaban J connectivity index is 0. The van der Waals surface area contributed by atoms with Gasteiger partial charge in [-0.05, 0) is 0 Å². The van der Waals surface area contributed by atoms with Crippen LogP contribution in [-0.2, 0) is 0 Å². The van der Waals surface area contributed by atoms with Crippen LogP contribution in [0.15, 0.2) is 0 Å². The van der Waals surface area contributed by atoms with Crippen LogP contribution < -0.4 is 0 Å². The van der Waals surface area contributed by atoms with Crippen LogP contribution >= 0.6 is 49.6 Å². The molecule has 0 aliphatic rings. The summed E-state index contributed by atoms with van der Waals surface area (Å²) in [5.74, 6) is 0. The zero-order valence-electron chi connectivity index (χ0n) is 4.13. The second kappa shape index (κ2) is 237. The van der Waals surface area contributed by atoms with Crippen molar-refractivity contribution in [2.24, 2.45) is 0 Å². The van der Waals surface area contributed by atoms with Crippen LogP contribution in [0.5, 0.6) is 0 Å². The van der Waals surface area contributed by atoms with Crippen LogP contribution in [-0.4, -0.2) is 16.4 Å². The summed E-state index contributed by atoms with van der Waals surface area (Å²) in [6.45, 7) is 0. The van der Waals surface area contributed by atoms with Gasteiger partial charge in [0.1, 0.15) is 0 Å². The Labute approximate surface area is 67.9 Å². The molecular formula is H11Cl4O3+. The van der Waals surface area contributed by atoms with Gasteiger partial charge >= 0.3 is 1.43 Å². The predicted octanol–water partition coefficient (Wildman–Crippen LogP) is -0.674. The first-order valence-corrected chi connectivity index (χ1v) is 0. The van der Waals surface area contributed by atoms with Crippen LogP contribution in [0.1, 0.15) is 1.43 Å². The van der Waals surface area contributed by atoms with E-state index in [9.17, 15) is 0 Å². The molecule has 7 heavy (non-hydrogen) atoms. The molecule has 0 aromatic rings. The molecule has 0 aromatic heterocycles. The Morgan fingerprint density at radius 2 is 0.429 bits per heavy atom. The minimum absolute atomic E-state index is 0. The van der Waals surface area contributed by atoms with Gasteiger partial charge in [0.05, 0.1) is 0 Å². The molecule has 3 nitrogen and oxygen atoms in total. The van der Waals surface area contributed by atoms with Crippen molar-refractivity contribution in [1.82, 2.24) is 0 Å². The van der Waals surface area contributed by atoms with Gasteiger partial charge in [0.25, 0.3) is 0 Å². The maximum Gasteiger partial charge on any atom is 1.00 e. The van der Waals surface area contributed by atoms with Gasteiger partial charge < -0.3 is 16.4 Å². The minimum Gasteiger partial charge on any atom is -0.412 e. The predicted molar refractivity (Wildman–Crippen MR) is 40.9 cm³/mol. The lowest BCUT2D eigenvalue weighted by Gasteiger charge is -0.413. The van der Waals surface area contributed by atoms with E-state index in [2.05, 4.69) is 0 Å². The van der Waals surface area contributed by atoms with Crippen molar-refractivity contribution < 1.29 is 17.9 Å². The molecule has 0 unspecified atom stereocenters. The van der Waals surface area contributed by atoms with Gasteiger partial charge in [-0.3, -0.25) is 0 Å². The molecule has 0 aromatic carbocycles. The SMILES string of the molecule is Cl.Cl.Cl.Cl.O.O.O.[H+]. The normalized spacial score (nSPS) is 0. The summed E-state index contributed by atoms with van der Waals surface area (Å²) in [4.78, 5) is 0. The van der Waals surface area contributed by atoms with Crippen molar-refractivity contribution in [3.05, 3.63) is 0 Å². The van der Waals surface area contributed by atoms with Crippen LogP contribution in [0, 0.1) is 0 Å². The molecule has 0 atom stereocenters. The topological polar surface area (TPSA) is 94.5 Å². The number of rotatable bonds is 0. The maximum absolute atomic E-state index is 0. The average Bonchev–Trinajstić information content (AvgIpc) is 0. The second-order valence-corrected chi connectivity index (χ2v) is 0. The summed E-state index contributed by atoms with van der Waals surface area (Å²) in [6, 6.07) is 0.